The van der Waals surface area contributed by atoms with Crippen molar-refractivity contribution < 1.29 is 0 Å². The van der Waals surface area contributed by atoms with Crippen molar-refractivity contribution in [2.24, 2.45) is 0 Å². The lowest BCUT2D eigenvalue weighted by Crippen LogP contribution is -1.99. The molecule has 0 atom stereocenters. The molecule has 0 radical (unpaired) electrons. The van der Waals surface area contributed by atoms with Crippen LogP contribution in [0.15, 0.2) is 30.5 Å². The van der Waals surface area contributed by atoms with Gasteiger partial charge in [0.1, 0.15) is 5.82 Å². The van der Waals surface area contributed by atoms with E-state index in [4.69, 9.17) is 0 Å². The number of hydrogen-bond acceptors (Lipinski definition) is 4. The maximum atomic E-state index is 3.94. The summed E-state index contributed by atoms with van der Waals surface area (Å²) in [7, 11) is 0. The lowest BCUT2D eigenvalue weighted by atomic mass is 10.4. The fraction of sp³-hybridized carbons (Fsp3) is 0.200. The predicted octanol–water partition coefficient (Wildman–Crippen LogP) is 2.46. The molecule has 2 aromatic rings. The van der Waals surface area contributed by atoms with Gasteiger partial charge in [0.05, 0.1) is 6.54 Å². The van der Waals surface area contributed by atoms with Gasteiger partial charge in [-0.1, -0.05) is 0 Å². The quantitative estimate of drug-likeness (QED) is 0.836. The topological polar surface area (TPSA) is 37.8 Å². The number of hydrogen-bond donors (Lipinski definition) is 1. The van der Waals surface area contributed by atoms with Gasteiger partial charge in [-0.05, 0) is 31.2 Å². The Bertz CT molecular complexity index is 397. The Kier molecular flexibility index (Phi) is 2.74. The van der Waals surface area contributed by atoms with Gasteiger partial charge < -0.3 is 5.32 Å². The third-order valence-corrected chi connectivity index (χ3v) is 2.81. The van der Waals surface area contributed by atoms with Crippen LogP contribution in [0.2, 0.25) is 0 Å². The third kappa shape index (κ3) is 2.29. The summed E-state index contributed by atoms with van der Waals surface area (Å²) in [4.78, 5) is 2.65. The van der Waals surface area contributed by atoms with E-state index in [9.17, 15) is 0 Å². The van der Waals surface area contributed by atoms with E-state index in [-0.39, 0.29) is 0 Å². The SMILES string of the molecule is Cc1ccc(CNc2cccnn2)s1. The highest BCUT2D eigenvalue weighted by Crippen LogP contribution is 2.15. The van der Waals surface area contributed by atoms with Gasteiger partial charge in [0.15, 0.2) is 0 Å². The molecule has 4 heteroatoms. The molecule has 3 nitrogen and oxygen atoms in total. The summed E-state index contributed by atoms with van der Waals surface area (Å²) in [5, 5.41) is 10.9. The summed E-state index contributed by atoms with van der Waals surface area (Å²) in [6.07, 6.45) is 1.67. The molecule has 0 spiro atoms. The molecule has 0 unspecified atom stereocenters. The predicted molar refractivity (Wildman–Crippen MR) is 58.4 cm³/mol. The number of aryl methyl sites for hydroxylation is 1. The Labute approximate surface area is 86.8 Å². The molecule has 0 aromatic carbocycles. The van der Waals surface area contributed by atoms with Crippen molar-refractivity contribution in [3.63, 3.8) is 0 Å². The molecule has 0 fully saturated rings. The second-order valence-electron chi connectivity index (χ2n) is 2.97. The summed E-state index contributed by atoms with van der Waals surface area (Å²) in [5.41, 5.74) is 0. The van der Waals surface area contributed by atoms with Gasteiger partial charge in [-0.25, -0.2) is 0 Å². The fourth-order valence-electron chi connectivity index (χ4n) is 1.15. The molecule has 0 aliphatic carbocycles. The van der Waals surface area contributed by atoms with Crippen LogP contribution in [-0.2, 0) is 6.54 Å². The van der Waals surface area contributed by atoms with E-state index < -0.39 is 0 Å². The molecule has 1 N–H and O–H groups in total. The molecule has 14 heavy (non-hydrogen) atoms. The minimum atomic E-state index is 0.817. The van der Waals surface area contributed by atoms with Gasteiger partial charge in [0.25, 0.3) is 0 Å². The molecule has 2 rings (SSSR count). The molecule has 0 saturated heterocycles. The molecule has 0 amide bonds. The van der Waals surface area contributed by atoms with Crippen molar-refractivity contribution >= 4 is 17.2 Å². The summed E-state index contributed by atoms with van der Waals surface area (Å²) >= 11 is 1.80. The average Bonchev–Trinajstić information content (AvgIpc) is 2.63. The van der Waals surface area contributed by atoms with E-state index in [1.807, 2.05) is 12.1 Å². The third-order valence-electron chi connectivity index (χ3n) is 1.81. The number of aromatic nitrogens is 2. The van der Waals surface area contributed by atoms with Crippen LogP contribution in [0.4, 0.5) is 5.82 Å². The molecule has 2 aromatic heterocycles. The monoisotopic (exact) mass is 205 g/mol. The Balaban J connectivity index is 1.95. The normalized spacial score (nSPS) is 10.1. The Hall–Kier alpha value is -1.42. The van der Waals surface area contributed by atoms with E-state index in [0.29, 0.717) is 0 Å². The van der Waals surface area contributed by atoms with Crippen molar-refractivity contribution in [2.75, 3.05) is 5.32 Å². The molecule has 2 heterocycles. The zero-order valence-electron chi connectivity index (χ0n) is 7.90. The molecular weight excluding hydrogens is 194 g/mol. The van der Waals surface area contributed by atoms with Gasteiger partial charge >= 0.3 is 0 Å². The first kappa shape index (κ1) is 9.15. The molecular formula is C10H11N3S. The number of rotatable bonds is 3. The second-order valence-corrected chi connectivity index (χ2v) is 4.35. The van der Waals surface area contributed by atoms with Crippen LogP contribution in [0.1, 0.15) is 9.75 Å². The highest BCUT2D eigenvalue weighted by molar-refractivity contribution is 7.11. The highest BCUT2D eigenvalue weighted by atomic mass is 32.1. The van der Waals surface area contributed by atoms with Crippen molar-refractivity contribution in [3.8, 4) is 0 Å². The molecule has 0 aliphatic heterocycles. The minimum absolute atomic E-state index is 0.817. The molecule has 72 valence electrons. The van der Waals surface area contributed by atoms with Crippen LogP contribution >= 0.6 is 11.3 Å². The van der Waals surface area contributed by atoms with Crippen LogP contribution in [0, 0.1) is 6.92 Å². The maximum absolute atomic E-state index is 3.94. The van der Waals surface area contributed by atoms with Gasteiger partial charge in [-0.2, -0.15) is 5.10 Å². The zero-order chi connectivity index (χ0) is 9.80. The first-order valence-electron chi connectivity index (χ1n) is 4.41. The second kappa shape index (κ2) is 4.19. The first-order valence-corrected chi connectivity index (χ1v) is 5.23. The number of anilines is 1. The van der Waals surface area contributed by atoms with E-state index in [2.05, 4.69) is 34.6 Å². The van der Waals surface area contributed by atoms with Crippen LogP contribution in [-0.4, -0.2) is 10.2 Å². The van der Waals surface area contributed by atoms with Crippen molar-refractivity contribution in [3.05, 3.63) is 40.2 Å². The lowest BCUT2D eigenvalue weighted by Gasteiger charge is -2.01. The van der Waals surface area contributed by atoms with Crippen LogP contribution < -0.4 is 5.32 Å². The van der Waals surface area contributed by atoms with Gasteiger partial charge in [-0.3, -0.25) is 0 Å². The van der Waals surface area contributed by atoms with E-state index in [0.717, 1.165) is 12.4 Å². The van der Waals surface area contributed by atoms with Gasteiger partial charge in [0, 0.05) is 16.0 Å². The Morgan fingerprint density at radius 1 is 1.36 bits per heavy atom. The minimum Gasteiger partial charge on any atom is -0.364 e. The van der Waals surface area contributed by atoms with Gasteiger partial charge in [0.2, 0.25) is 0 Å². The molecule has 0 saturated carbocycles. The largest absolute Gasteiger partial charge is 0.364 e. The molecule has 0 bridgehead atoms. The fourth-order valence-corrected chi connectivity index (χ4v) is 1.98. The number of thiophene rings is 1. The van der Waals surface area contributed by atoms with Crippen molar-refractivity contribution in [1.29, 1.82) is 0 Å². The van der Waals surface area contributed by atoms with E-state index in [1.165, 1.54) is 9.75 Å². The smallest absolute Gasteiger partial charge is 0.148 e. The highest BCUT2D eigenvalue weighted by Gasteiger charge is 1.96. The van der Waals surface area contributed by atoms with Crippen LogP contribution in [0.5, 0.6) is 0 Å². The van der Waals surface area contributed by atoms with Crippen molar-refractivity contribution in [2.45, 2.75) is 13.5 Å². The standard InChI is InChI=1S/C10H11N3S/c1-8-4-5-9(14-8)7-11-10-3-2-6-12-13-10/h2-6H,7H2,1H3,(H,11,13). The number of nitrogens with zero attached hydrogens (tertiary/aromatic N) is 2. The summed E-state index contributed by atoms with van der Waals surface area (Å²) < 4.78 is 0. The summed E-state index contributed by atoms with van der Waals surface area (Å²) in [5.74, 6) is 0.818. The number of nitrogens with one attached hydrogen (secondary N) is 1. The van der Waals surface area contributed by atoms with E-state index >= 15 is 0 Å². The maximum Gasteiger partial charge on any atom is 0.148 e. The Morgan fingerprint density at radius 3 is 2.93 bits per heavy atom. The first-order chi connectivity index (χ1) is 6.84. The Morgan fingerprint density at radius 2 is 2.29 bits per heavy atom. The zero-order valence-corrected chi connectivity index (χ0v) is 8.71. The lowest BCUT2D eigenvalue weighted by molar-refractivity contribution is 1.01. The van der Waals surface area contributed by atoms with Crippen molar-refractivity contribution in [1.82, 2.24) is 10.2 Å². The van der Waals surface area contributed by atoms with Gasteiger partial charge in [-0.15, -0.1) is 16.4 Å². The molecule has 0 aliphatic rings. The van der Waals surface area contributed by atoms with Crippen LogP contribution in [0.3, 0.4) is 0 Å². The van der Waals surface area contributed by atoms with Crippen LogP contribution in [0.25, 0.3) is 0 Å². The van der Waals surface area contributed by atoms with E-state index in [1.54, 1.807) is 17.5 Å². The summed E-state index contributed by atoms with van der Waals surface area (Å²) in [6.45, 7) is 2.92. The summed E-state index contributed by atoms with van der Waals surface area (Å²) in [6, 6.07) is 8.03. The average molecular weight is 205 g/mol.